The van der Waals surface area contributed by atoms with Gasteiger partial charge in [0.05, 0.1) is 11.6 Å². The highest BCUT2D eigenvalue weighted by atomic mass is 35.5. The number of hydrogen-bond acceptors (Lipinski definition) is 3. The van der Waals surface area contributed by atoms with E-state index < -0.39 is 0 Å². The van der Waals surface area contributed by atoms with Crippen LogP contribution in [0.2, 0.25) is 5.02 Å². The number of nitrogens with zero attached hydrogens (tertiary/aromatic N) is 2. The Labute approximate surface area is 156 Å². The molecule has 1 atom stereocenters. The molecule has 6 nitrogen and oxygen atoms in total. The fourth-order valence-corrected chi connectivity index (χ4v) is 3.79. The van der Waals surface area contributed by atoms with Gasteiger partial charge in [-0.3, -0.25) is 14.5 Å². The summed E-state index contributed by atoms with van der Waals surface area (Å²) in [5.41, 5.74) is 1.68. The lowest BCUT2D eigenvalue weighted by Crippen LogP contribution is -2.54. The number of hydrogen-bond donors (Lipinski definition) is 1. The molecule has 2 aliphatic heterocycles. The Hall–Kier alpha value is -2.60. The van der Waals surface area contributed by atoms with E-state index in [1.165, 1.54) is 0 Å². The number of H-pyrrole nitrogens is 1. The molecule has 0 radical (unpaired) electrons. The zero-order chi connectivity index (χ0) is 18.1. The Kier molecular flexibility index (Phi) is 4.51. The molecule has 3 heterocycles. The van der Waals surface area contributed by atoms with Gasteiger partial charge in [0.15, 0.2) is 6.04 Å². The Balaban J connectivity index is 1.53. The van der Waals surface area contributed by atoms with Gasteiger partial charge in [-0.15, -0.1) is 0 Å². The lowest BCUT2D eigenvalue weighted by Gasteiger charge is -2.33. The fraction of sp³-hybridized carbons (Fsp3) is 0.316. The van der Waals surface area contributed by atoms with E-state index in [2.05, 4.69) is 15.2 Å². The SMILES string of the molecule is O=C(CN1C(=O)C2CCCN2c2[nH+]cc(Cl)cc21)NCc1ccccc1. The van der Waals surface area contributed by atoms with Crippen molar-refractivity contribution in [1.29, 1.82) is 0 Å². The first kappa shape index (κ1) is 16.8. The summed E-state index contributed by atoms with van der Waals surface area (Å²) >= 11 is 6.12. The van der Waals surface area contributed by atoms with Gasteiger partial charge in [-0.1, -0.05) is 41.9 Å². The van der Waals surface area contributed by atoms with E-state index >= 15 is 0 Å². The molecule has 2 N–H and O–H groups in total. The Morgan fingerprint density at radius 3 is 2.92 bits per heavy atom. The molecule has 1 aromatic carbocycles. The Morgan fingerprint density at radius 1 is 1.31 bits per heavy atom. The molecule has 0 saturated carbocycles. The number of halogens is 1. The van der Waals surface area contributed by atoms with Crippen molar-refractivity contribution < 1.29 is 14.6 Å². The lowest BCUT2D eigenvalue weighted by molar-refractivity contribution is -0.363. The predicted molar refractivity (Wildman–Crippen MR) is 99.0 cm³/mol. The van der Waals surface area contributed by atoms with E-state index in [-0.39, 0.29) is 24.4 Å². The molecule has 2 aliphatic rings. The number of aromatic amines is 1. The van der Waals surface area contributed by atoms with E-state index in [1.807, 2.05) is 30.3 Å². The van der Waals surface area contributed by atoms with Crippen LogP contribution in [-0.4, -0.2) is 30.9 Å². The molecule has 0 bridgehead atoms. The van der Waals surface area contributed by atoms with Gasteiger partial charge in [-0.25, -0.2) is 9.88 Å². The molecule has 4 rings (SSSR count). The topological polar surface area (TPSA) is 66.8 Å². The van der Waals surface area contributed by atoms with E-state index in [0.29, 0.717) is 17.3 Å². The number of rotatable bonds is 4. The first-order chi connectivity index (χ1) is 12.6. The summed E-state index contributed by atoms with van der Waals surface area (Å²) in [6.45, 7) is 1.25. The maximum Gasteiger partial charge on any atom is 0.299 e. The van der Waals surface area contributed by atoms with Crippen LogP contribution in [0.25, 0.3) is 0 Å². The number of aromatic nitrogens is 1. The van der Waals surface area contributed by atoms with E-state index in [1.54, 1.807) is 17.2 Å². The first-order valence-electron chi connectivity index (χ1n) is 8.73. The van der Waals surface area contributed by atoms with Crippen molar-refractivity contribution in [3.8, 4) is 0 Å². The zero-order valence-corrected chi connectivity index (χ0v) is 15.0. The van der Waals surface area contributed by atoms with Gasteiger partial charge in [0.1, 0.15) is 18.4 Å². The van der Waals surface area contributed by atoms with Crippen LogP contribution in [0.3, 0.4) is 0 Å². The quantitative estimate of drug-likeness (QED) is 0.891. The molecule has 0 spiro atoms. The largest absolute Gasteiger partial charge is 0.350 e. The third-order valence-corrected chi connectivity index (χ3v) is 5.10. The number of carbonyl (C=O) groups excluding carboxylic acids is 2. The van der Waals surface area contributed by atoms with Gasteiger partial charge in [-0.05, 0) is 18.1 Å². The normalized spacial score (nSPS) is 18.5. The first-order valence-corrected chi connectivity index (χ1v) is 9.11. The van der Waals surface area contributed by atoms with Gasteiger partial charge in [-0.2, -0.15) is 0 Å². The molecule has 1 saturated heterocycles. The van der Waals surface area contributed by atoms with Crippen molar-refractivity contribution in [1.82, 2.24) is 5.32 Å². The highest BCUT2D eigenvalue weighted by Crippen LogP contribution is 2.37. The number of anilines is 2. The predicted octanol–water partition coefficient (Wildman–Crippen LogP) is 1.79. The summed E-state index contributed by atoms with van der Waals surface area (Å²) in [6.07, 6.45) is 3.47. The average molecular weight is 372 g/mol. The molecule has 0 aliphatic carbocycles. The van der Waals surface area contributed by atoms with Crippen LogP contribution in [0.5, 0.6) is 0 Å². The number of pyridine rings is 1. The molecular formula is C19H20ClN4O2+. The van der Waals surface area contributed by atoms with Gasteiger partial charge in [0.25, 0.3) is 11.7 Å². The van der Waals surface area contributed by atoms with Crippen molar-refractivity contribution in [2.24, 2.45) is 0 Å². The maximum absolute atomic E-state index is 12.9. The average Bonchev–Trinajstić information content (AvgIpc) is 3.14. The van der Waals surface area contributed by atoms with Gasteiger partial charge >= 0.3 is 0 Å². The summed E-state index contributed by atoms with van der Waals surface area (Å²) in [6, 6.07) is 11.2. The molecule has 1 unspecified atom stereocenters. The second-order valence-corrected chi connectivity index (χ2v) is 7.03. The summed E-state index contributed by atoms with van der Waals surface area (Å²) in [5.74, 6) is 0.618. The number of nitrogens with one attached hydrogen (secondary N) is 2. The molecule has 2 amide bonds. The standard InChI is InChI=1S/C19H19ClN4O2/c20-14-9-16-18(22-11-14)23-8-4-7-15(23)19(26)24(16)12-17(25)21-10-13-5-2-1-3-6-13/h1-3,5-6,9,11,15H,4,7-8,10,12H2,(H,21,25)/p+1. The summed E-state index contributed by atoms with van der Waals surface area (Å²) in [5, 5.41) is 3.39. The third-order valence-electron chi connectivity index (χ3n) is 4.88. The number of amides is 2. The van der Waals surface area contributed by atoms with Crippen LogP contribution in [-0.2, 0) is 16.1 Å². The van der Waals surface area contributed by atoms with Crippen molar-refractivity contribution in [2.45, 2.75) is 25.4 Å². The minimum atomic E-state index is -0.207. The zero-order valence-electron chi connectivity index (χ0n) is 14.2. The monoisotopic (exact) mass is 371 g/mol. The number of carbonyl (C=O) groups is 2. The summed E-state index contributed by atoms with van der Waals surface area (Å²) in [4.78, 5) is 32.2. The Bertz CT molecular complexity index is 843. The number of fused-ring (bicyclic) bond motifs is 3. The third kappa shape index (κ3) is 3.12. The number of benzene rings is 1. The summed E-state index contributed by atoms with van der Waals surface area (Å²) < 4.78 is 0. The molecule has 7 heteroatoms. The van der Waals surface area contributed by atoms with Crippen molar-refractivity contribution >= 4 is 34.9 Å². The maximum atomic E-state index is 12.9. The second-order valence-electron chi connectivity index (χ2n) is 6.59. The van der Waals surface area contributed by atoms with Gasteiger partial charge in [0, 0.05) is 13.0 Å². The van der Waals surface area contributed by atoms with E-state index in [4.69, 9.17) is 11.6 Å². The van der Waals surface area contributed by atoms with Crippen LogP contribution in [0.1, 0.15) is 18.4 Å². The minimum Gasteiger partial charge on any atom is -0.350 e. The molecule has 1 aromatic heterocycles. The minimum absolute atomic E-state index is 0.0167. The van der Waals surface area contributed by atoms with E-state index in [9.17, 15) is 9.59 Å². The lowest BCUT2D eigenvalue weighted by atomic mass is 10.1. The molecule has 134 valence electrons. The van der Waals surface area contributed by atoms with Gasteiger partial charge < -0.3 is 5.32 Å². The second kappa shape index (κ2) is 6.96. The van der Waals surface area contributed by atoms with Crippen LogP contribution in [0, 0.1) is 0 Å². The highest BCUT2D eigenvalue weighted by Gasteiger charge is 2.47. The van der Waals surface area contributed by atoms with Crippen molar-refractivity contribution in [3.63, 3.8) is 0 Å². The smallest absolute Gasteiger partial charge is 0.299 e. The highest BCUT2D eigenvalue weighted by molar-refractivity contribution is 6.30. The van der Waals surface area contributed by atoms with Crippen LogP contribution < -0.4 is 20.1 Å². The Morgan fingerprint density at radius 2 is 2.12 bits per heavy atom. The van der Waals surface area contributed by atoms with Crippen LogP contribution in [0.15, 0.2) is 42.6 Å². The van der Waals surface area contributed by atoms with Crippen molar-refractivity contribution in [3.05, 3.63) is 53.2 Å². The summed E-state index contributed by atoms with van der Waals surface area (Å²) in [7, 11) is 0. The molecule has 26 heavy (non-hydrogen) atoms. The van der Waals surface area contributed by atoms with Gasteiger partial charge in [0.2, 0.25) is 5.91 Å². The fourth-order valence-electron chi connectivity index (χ4n) is 3.64. The van der Waals surface area contributed by atoms with Crippen LogP contribution in [0.4, 0.5) is 11.5 Å². The molecular weight excluding hydrogens is 352 g/mol. The molecule has 2 aromatic rings. The molecule has 1 fully saturated rings. The van der Waals surface area contributed by atoms with E-state index in [0.717, 1.165) is 30.8 Å². The van der Waals surface area contributed by atoms with Crippen molar-refractivity contribution in [2.75, 3.05) is 22.9 Å². The van der Waals surface area contributed by atoms with Crippen LogP contribution >= 0.6 is 11.6 Å².